The maximum atomic E-state index is 13.5. The average Bonchev–Trinajstić information content (AvgIpc) is 2.72. The van der Waals surface area contributed by atoms with Crippen LogP contribution in [0.1, 0.15) is 36.1 Å². The first-order valence-electron chi connectivity index (χ1n) is 10.6. The van der Waals surface area contributed by atoms with Gasteiger partial charge in [-0.05, 0) is 62.9 Å². The van der Waals surface area contributed by atoms with Gasteiger partial charge in [0, 0.05) is 13.1 Å². The fraction of sp³-hybridized carbons (Fsp3) is 0.417. The van der Waals surface area contributed by atoms with E-state index in [0.29, 0.717) is 12.2 Å². The lowest BCUT2D eigenvalue weighted by Gasteiger charge is -2.32. The molecular weight excluding hydrogens is 426 g/mol. The summed E-state index contributed by atoms with van der Waals surface area (Å²) in [5.74, 6) is -0.731. The highest BCUT2D eigenvalue weighted by Gasteiger charge is 2.30. The molecule has 2 rings (SSSR count). The van der Waals surface area contributed by atoms with E-state index < -0.39 is 28.5 Å². The summed E-state index contributed by atoms with van der Waals surface area (Å²) in [5.41, 5.74) is 3.98. The fourth-order valence-corrected chi connectivity index (χ4v) is 4.36. The van der Waals surface area contributed by atoms with E-state index in [-0.39, 0.29) is 12.5 Å². The Balaban J connectivity index is 2.45. The van der Waals surface area contributed by atoms with Crippen LogP contribution in [-0.2, 0) is 26.2 Å². The van der Waals surface area contributed by atoms with Crippen LogP contribution in [0, 0.1) is 20.8 Å². The van der Waals surface area contributed by atoms with E-state index >= 15 is 0 Å². The van der Waals surface area contributed by atoms with Crippen molar-refractivity contribution in [3.05, 3.63) is 64.7 Å². The van der Waals surface area contributed by atoms with Gasteiger partial charge in [-0.25, -0.2) is 8.42 Å². The molecule has 0 radical (unpaired) electrons. The van der Waals surface area contributed by atoms with Crippen LogP contribution in [0.4, 0.5) is 5.69 Å². The number of carbonyl (C=O) groups excluding carboxylic acids is 2. The summed E-state index contributed by atoms with van der Waals surface area (Å²) >= 11 is 0. The number of aryl methyl sites for hydroxylation is 3. The van der Waals surface area contributed by atoms with Crippen molar-refractivity contribution in [3.63, 3.8) is 0 Å². The molecule has 0 bridgehead atoms. The maximum Gasteiger partial charge on any atom is 0.244 e. The molecule has 1 unspecified atom stereocenters. The second-order valence-electron chi connectivity index (χ2n) is 8.08. The average molecular weight is 460 g/mol. The number of hydrogen-bond acceptors (Lipinski definition) is 4. The van der Waals surface area contributed by atoms with Gasteiger partial charge in [0.1, 0.15) is 12.6 Å². The zero-order valence-corrected chi connectivity index (χ0v) is 20.5. The summed E-state index contributed by atoms with van der Waals surface area (Å²) in [5, 5.41) is 2.75. The molecule has 7 nitrogen and oxygen atoms in total. The number of nitrogens with one attached hydrogen (secondary N) is 1. The van der Waals surface area contributed by atoms with Gasteiger partial charge < -0.3 is 10.2 Å². The van der Waals surface area contributed by atoms with Crippen molar-refractivity contribution < 1.29 is 18.0 Å². The van der Waals surface area contributed by atoms with Gasteiger partial charge in [0.2, 0.25) is 21.8 Å². The zero-order valence-electron chi connectivity index (χ0n) is 19.7. The number of benzene rings is 2. The van der Waals surface area contributed by atoms with Gasteiger partial charge in [-0.2, -0.15) is 0 Å². The van der Waals surface area contributed by atoms with Crippen LogP contribution in [0.3, 0.4) is 0 Å². The zero-order chi connectivity index (χ0) is 24.1. The van der Waals surface area contributed by atoms with Crippen molar-refractivity contribution in [1.29, 1.82) is 0 Å². The number of anilines is 1. The second-order valence-corrected chi connectivity index (χ2v) is 9.99. The van der Waals surface area contributed by atoms with E-state index in [9.17, 15) is 18.0 Å². The molecule has 0 heterocycles. The Morgan fingerprint density at radius 2 is 1.69 bits per heavy atom. The predicted octanol–water partition coefficient (Wildman–Crippen LogP) is 2.93. The third kappa shape index (κ3) is 6.32. The Bertz CT molecular complexity index is 1080. The van der Waals surface area contributed by atoms with Crippen molar-refractivity contribution in [3.8, 4) is 0 Å². The third-order valence-corrected chi connectivity index (χ3v) is 6.56. The molecule has 2 amide bonds. The third-order valence-electron chi connectivity index (χ3n) is 5.43. The summed E-state index contributed by atoms with van der Waals surface area (Å²) < 4.78 is 26.4. The number of rotatable bonds is 9. The fourth-order valence-electron chi connectivity index (χ4n) is 3.46. The first-order valence-corrected chi connectivity index (χ1v) is 12.5. The SMILES string of the molecule is CCNC(=O)C(C)N(Cc1ccccc1C)C(=O)CN(c1cc(C)ccc1C)S(C)(=O)=O. The van der Waals surface area contributed by atoms with Gasteiger partial charge in [0.25, 0.3) is 0 Å². The standard InChI is InChI=1S/C24H33N3O4S/c1-7-25-24(29)20(5)26(15-21-11-9-8-10-18(21)3)23(28)16-27(32(6,30)31)22-14-17(2)12-13-19(22)4/h8-14,20H,7,15-16H2,1-6H3,(H,25,29). The van der Waals surface area contributed by atoms with Gasteiger partial charge in [-0.15, -0.1) is 0 Å². The van der Waals surface area contributed by atoms with Crippen LogP contribution < -0.4 is 9.62 Å². The Hall–Kier alpha value is -2.87. The lowest BCUT2D eigenvalue weighted by Crippen LogP contribution is -2.51. The molecule has 0 aliphatic carbocycles. The molecule has 0 aliphatic heterocycles. The van der Waals surface area contributed by atoms with Crippen molar-refractivity contribution in [2.24, 2.45) is 0 Å². The van der Waals surface area contributed by atoms with Gasteiger partial charge >= 0.3 is 0 Å². The normalized spacial score (nSPS) is 12.2. The quantitative estimate of drug-likeness (QED) is 0.625. The number of sulfonamides is 1. The van der Waals surface area contributed by atoms with Gasteiger partial charge in [-0.1, -0.05) is 36.4 Å². The van der Waals surface area contributed by atoms with E-state index in [1.807, 2.05) is 57.2 Å². The molecule has 32 heavy (non-hydrogen) atoms. The van der Waals surface area contributed by atoms with E-state index in [1.54, 1.807) is 19.9 Å². The topological polar surface area (TPSA) is 86.8 Å². The Morgan fingerprint density at radius 3 is 2.28 bits per heavy atom. The molecule has 0 aliphatic rings. The summed E-state index contributed by atoms with van der Waals surface area (Å²) in [4.78, 5) is 27.5. The molecule has 2 aromatic carbocycles. The lowest BCUT2D eigenvalue weighted by molar-refractivity contribution is -0.139. The Labute approximate surface area is 191 Å². The van der Waals surface area contributed by atoms with Crippen LogP contribution in [0.15, 0.2) is 42.5 Å². The number of nitrogens with zero attached hydrogens (tertiary/aromatic N) is 2. The van der Waals surface area contributed by atoms with Crippen LogP contribution in [0.25, 0.3) is 0 Å². The first kappa shape index (κ1) is 25.4. The largest absolute Gasteiger partial charge is 0.355 e. The molecule has 0 fully saturated rings. The summed E-state index contributed by atoms with van der Waals surface area (Å²) in [6.45, 7) is 9.33. The predicted molar refractivity (Wildman–Crippen MR) is 128 cm³/mol. The second kappa shape index (κ2) is 10.6. The van der Waals surface area contributed by atoms with Gasteiger partial charge in [0.05, 0.1) is 11.9 Å². The van der Waals surface area contributed by atoms with Crippen molar-refractivity contribution >= 4 is 27.5 Å². The monoisotopic (exact) mass is 459 g/mol. The number of carbonyl (C=O) groups is 2. The van der Waals surface area contributed by atoms with E-state index in [0.717, 1.165) is 32.8 Å². The Morgan fingerprint density at radius 1 is 1.03 bits per heavy atom. The molecule has 8 heteroatoms. The van der Waals surface area contributed by atoms with Crippen LogP contribution in [-0.4, -0.2) is 50.5 Å². The van der Waals surface area contributed by atoms with E-state index in [1.165, 1.54) is 4.90 Å². The minimum atomic E-state index is -3.74. The lowest BCUT2D eigenvalue weighted by atomic mass is 10.1. The van der Waals surface area contributed by atoms with Crippen LogP contribution in [0.5, 0.6) is 0 Å². The highest BCUT2D eigenvalue weighted by Crippen LogP contribution is 2.24. The summed E-state index contributed by atoms with van der Waals surface area (Å²) in [7, 11) is -3.74. The van der Waals surface area contributed by atoms with Crippen molar-refractivity contribution in [2.45, 2.75) is 47.2 Å². The summed E-state index contributed by atoms with van der Waals surface area (Å²) in [6.07, 6.45) is 1.08. The number of hydrogen-bond donors (Lipinski definition) is 1. The molecular formula is C24H33N3O4S. The van der Waals surface area contributed by atoms with E-state index in [2.05, 4.69) is 5.32 Å². The molecule has 0 saturated carbocycles. The first-order chi connectivity index (χ1) is 15.0. The molecule has 0 spiro atoms. The molecule has 174 valence electrons. The molecule has 0 saturated heterocycles. The molecule has 1 N–H and O–H groups in total. The highest BCUT2D eigenvalue weighted by molar-refractivity contribution is 7.92. The minimum absolute atomic E-state index is 0.203. The molecule has 0 aromatic heterocycles. The maximum absolute atomic E-state index is 13.5. The van der Waals surface area contributed by atoms with Crippen molar-refractivity contribution in [1.82, 2.24) is 10.2 Å². The van der Waals surface area contributed by atoms with Gasteiger partial charge in [0.15, 0.2) is 0 Å². The van der Waals surface area contributed by atoms with Crippen LogP contribution >= 0.6 is 0 Å². The smallest absolute Gasteiger partial charge is 0.244 e. The summed E-state index contributed by atoms with van der Waals surface area (Å²) in [6, 6.07) is 12.3. The van der Waals surface area contributed by atoms with Crippen molar-refractivity contribution in [2.75, 3.05) is 23.7 Å². The number of amides is 2. The van der Waals surface area contributed by atoms with E-state index in [4.69, 9.17) is 0 Å². The Kier molecular flexibility index (Phi) is 8.44. The number of likely N-dealkylation sites (N-methyl/N-ethyl adjacent to an activating group) is 1. The van der Waals surface area contributed by atoms with Crippen LogP contribution in [0.2, 0.25) is 0 Å². The minimum Gasteiger partial charge on any atom is -0.355 e. The molecule has 1 atom stereocenters. The highest BCUT2D eigenvalue weighted by atomic mass is 32.2. The molecule has 2 aromatic rings. The van der Waals surface area contributed by atoms with Gasteiger partial charge in [-0.3, -0.25) is 13.9 Å².